The van der Waals surface area contributed by atoms with Crippen LogP contribution in [0.25, 0.3) is 0 Å². The van der Waals surface area contributed by atoms with E-state index in [1.165, 1.54) is 0 Å². The van der Waals surface area contributed by atoms with Gasteiger partial charge in [-0.25, -0.2) is 4.98 Å². The number of rotatable bonds is 3. The summed E-state index contributed by atoms with van der Waals surface area (Å²) in [7, 11) is 0. The number of nitrogens with two attached hydrogens (primary N) is 1. The first kappa shape index (κ1) is 11.7. The van der Waals surface area contributed by atoms with Gasteiger partial charge in [-0.15, -0.1) is 0 Å². The van der Waals surface area contributed by atoms with Crippen molar-refractivity contribution in [3.63, 3.8) is 0 Å². The molecule has 3 nitrogen and oxygen atoms in total. The van der Waals surface area contributed by atoms with Crippen LogP contribution in [0.2, 0.25) is 5.15 Å². The first-order chi connectivity index (χ1) is 8.20. The van der Waals surface area contributed by atoms with Crippen LogP contribution < -0.4 is 10.6 Å². The summed E-state index contributed by atoms with van der Waals surface area (Å²) < 4.78 is 0. The molecule has 1 heterocycles. The third-order valence-electron chi connectivity index (χ3n) is 2.46. The number of nitrogen functional groups attached to an aromatic ring is 1. The fraction of sp³-hybridized carbons (Fsp3) is 0.154. The summed E-state index contributed by atoms with van der Waals surface area (Å²) in [6, 6.07) is 13.5. The Labute approximate surface area is 106 Å². The molecule has 0 aliphatic heterocycles. The van der Waals surface area contributed by atoms with Gasteiger partial charge >= 0.3 is 0 Å². The molecule has 88 valence electrons. The Balaban J connectivity index is 2.42. The lowest BCUT2D eigenvalue weighted by Crippen LogP contribution is -2.17. The fourth-order valence-electron chi connectivity index (χ4n) is 1.73. The van der Waals surface area contributed by atoms with Gasteiger partial charge < -0.3 is 10.6 Å². The monoisotopic (exact) mass is 247 g/mol. The second-order valence-corrected chi connectivity index (χ2v) is 4.05. The zero-order chi connectivity index (χ0) is 12.3. The number of anilines is 3. The molecule has 2 N–H and O–H groups in total. The Morgan fingerprint density at radius 2 is 1.94 bits per heavy atom. The summed E-state index contributed by atoms with van der Waals surface area (Å²) >= 11 is 5.92. The Bertz CT molecular complexity index is 479. The number of aromatic nitrogens is 1. The van der Waals surface area contributed by atoms with Crippen molar-refractivity contribution in [1.29, 1.82) is 0 Å². The van der Waals surface area contributed by atoms with Gasteiger partial charge in [-0.3, -0.25) is 0 Å². The van der Waals surface area contributed by atoms with E-state index in [0.29, 0.717) is 10.8 Å². The molecule has 0 spiro atoms. The number of para-hydroxylation sites is 1. The lowest BCUT2D eigenvalue weighted by atomic mass is 10.2. The van der Waals surface area contributed by atoms with Crippen molar-refractivity contribution in [2.75, 3.05) is 17.2 Å². The van der Waals surface area contributed by atoms with E-state index in [1.54, 1.807) is 6.07 Å². The largest absolute Gasteiger partial charge is 0.399 e. The summed E-state index contributed by atoms with van der Waals surface area (Å²) in [4.78, 5) is 6.35. The number of hydrogen-bond donors (Lipinski definition) is 1. The Morgan fingerprint density at radius 1 is 1.24 bits per heavy atom. The summed E-state index contributed by atoms with van der Waals surface area (Å²) in [6.45, 7) is 2.86. The number of benzene rings is 1. The molecule has 0 aliphatic carbocycles. The quantitative estimate of drug-likeness (QED) is 0.845. The first-order valence-corrected chi connectivity index (χ1v) is 5.84. The topological polar surface area (TPSA) is 42.1 Å². The maximum atomic E-state index is 5.92. The van der Waals surface area contributed by atoms with Crippen LogP contribution in [0.1, 0.15) is 6.92 Å². The van der Waals surface area contributed by atoms with Crippen LogP contribution in [0.15, 0.2) is 42.5 Å². The van der Waals surface area contributed by atoms with E-state index in [9.17, 15) is 0 Å². The van der Waals surface area contributed by atoms with Gasteiger partial charge in [-0.05, 0) is 25.1 Å². The molecule has 2 rings (SSSR count). The molecule has 17 heavy (non-hydrogen) atoms. The van der Waals surface area contributed by atoms with Gasteiger partial charge in [0.05, 0.1) is 0 Å². The minimum atomic E-state index is 0.411. The van der Waals surface area contributed by atoms with Crippen LogP contribution in [-0.4, -0.2) is 11.5 Å². The van der Waals surface area contributed by atoms with Gasteiger partial charge in [-0.2, -0.15) is 0 Å². The zero-order valence-corrected chi connectivity index (χ0v) is 10.4. The predicted molar refractivity (Wildman–Crippen MR) is 72.8 cm³/mol. The average Bonchev–Trinajstić information content (AvgIpc) is 2.30. The maximum Gasteiger partial charge on any atom is 0.136 e. The molecule has 0 bridgehead atoms. The summed E-state index contributed by atoms with van der Waals surface area (Å²) in [5.74, 6) is 0.767. The molecule has 0 aliphatic rings. The molecule has 1 aromatic heterocycles. The Kier molecular flexibility index (Phi) is 3.49. The standard InChI is InChI=1S/C13H14ClN3/c1-2-17(11-6-4-3-5-7-11)13-9-10(15)8-12(14)16-13/h3-9H,2H2,1H3,(H2,15,16). The van der Waals surface area contributed by atoms with Gasteiger partial charge in [0.25, 0.3) is 0 Å². The second kappa shape index (κ2) is 5.06. The highest BCUT2D eigenvalue weighted by molar-refractivity contribution is 6.29. The zero-order valence-electron chi connectivity index (χ0n) is 9.60. The predicted octanol–water partition coefficient (Wildman–Crippen LogP) is 3.48. The van der Waals surface area contributed by atoms with Crippen molar-refractivity contribution in [2.24, 2.45) is 0 Å². The fourth-order valence-corrected chi connectivity index (χ4v) is 1.94. The number of halogens is 1. The van der Waals surface area contributed by atoms with E-state index in [-0.39, 0.29) is 0 Å². The molecule has 0 unspecified atom stereocenters. The minimum Gasteiger partial charge on any atom is -0.399 e. The van der Waals surface area contributed by atoms with E-state index in [1.807, 2.05) is 36.4 Å². The summed E-state index contributed by atoms with van der Waals surface area (Å²) in [6.07, 6.45) is 0. The van der Waals surface area contributed by atoms with Crippen molar-refractivity contribution in [3.8, 4) is 0 Å². The third-order valence-corrected chi connectivity index (χ3v) is 2.66. The Morgan fingerprint density at radius 3 is 2.53 bits per heavy atom. The van der Waals surface area contributed by atoms with Crippen molar-refractivity contribution in [1.82, 2.24) is 4.98 Å². The summed E-state index contributed by atoms with van der Waals surface area (Å²) in [5, 5.41) is 0.411. The van der Waals surface area contributed by atoms with Crippen molar-refractivity contribution in [2.45, 2.75) is 6.92 Å². The Hall–Kier alpha value is -1.74. The first-order valence-electron chi connectivity index (χ1n) is 5.46. The van der Waals surface area contributed by atoms with Gasteiger partial charge in [0.1, 0.15) is 11.0 Å². The van der Waals surface area contributed by atoms with Gasteiger partial charge in [0.2, 0.25) is 0 Å². The highest BCUT2D eigenvalue weighted by Gasteiger charge is 2.09. The van der Waals surface area contributed by atoms with Crippen molar-refractivity contribution in [3.05, 3.63) is 47.6 Å². The van der Waals surface area contributed by atoms with E-state index >= 15 is 0 Å². The van der Waals surface area contributed by atoms with Gasteiger partial charge in [0, 0.05) is 24.0 Å². The molecule has 0 amide bonds. The van der Waals surface area contributed by atoms with Crippen molar-refractivity contribution >= 4 is 28.8 Å². The normalized spacial score (nSPS) is 10.2. The van der Waals surface area contributed by atoms with Crippen LogP contribution in [-0.2, 0) is 0 Å². The molecule has 1 aromatic carbocycles. The molecular weight excluding hydrogens is 234 g/mol. The van der Waals surface area contributed by atoms with Gasteiger partial charge in [-0.1, -0.05) is 29.8 Å². The molecule has 0 atom stereocenters. The van der Waals surface area contributed by atoms with E-state index < -0.39 is 0 Å². The number of hydrogen-bond acceptors (Lipinski definition) is 3. The second-order valence-electron chi connectivity index (χ2n) is 3.66. The average molecular weight is 248 g/mol. The third kappa shape index (κ3) is 2.68. The maximum absolute atomic E-state index is 5.92. The molecule has 0 radical (unpaired) electrons. The van der Waals surface area contributed by atoms with E-state index in [2.05, 4.69) is 16.8 Å². The van der Waals surface area contributed by atoms with Crippen LogP contribution in [0.5, 0.6) is 0 Å². The number of nitrogens with zero attached hydrogens (tertiary/aromatic N) is 2. The lowest BCUT2D eigenvalue weighted by Gasteiger charge is -2.22. The van der Waals surface area contributed by atoms with Crippen LogP contribution in [0, 0.1) is 0 Å². The van der Waals surface area contributed by atoms with Crippen LogP contribution >= 0.6 is 11.6 Å². The SMILES string of the molecule is CCN(c1ccccc1)c1cc(N)cc(Cl)n1. The smallest absolute Gasteiger partial charge is 0.136 e. The molecular formula is C13H14ClN3. The molecule has 2 aromatic rings. The van der Waals surface area contributed by atoms with E-state index in [0.717, 1.165) is 18.1 Å². The molecule has 0 saturated heterocycles. The van der Waals surface area contributed by atoms with Crippen molar-refractivity contribution < 1.29 is 0 Å². The highest BCUT2D eigenvalue weighted by Crippen LogP contribution is 2.26. The molecule has 0 saturated carbocycles. The summed E-state index contributed by atoms with van der Waals surface area (Å²) in [5.41, 5.74) is 7.47. The van der Waals surface area contributed by atoms with Crippen LogP contribution in [0.4, 0.5) is 17.2 Å². The number of pyridine rings is 1. The highest BCUT2D eigenvalue weighted by atomic mass is 35.5. The minimum absolute atomic E-state index is 0.411. The lowest BCUT2D eigenvalue weighted by molar-refractivity contribution is 0.991. The van der Waals surface area contributed by atoms with E-state index in [4.69, 9.17) is 17.3 Å². The molecule has 0 fully saturated rings. The molecule has 4 heteroatoms. The van der Waals surface area contributed by atoms with Crippen LogP contribution in [0.3, 0.4) is 0 Å². The van der Waals surface area contributed by atoms with Gasteiger partial charge in [0.15, 0.2) is 0 Å².